The SMILES string of the molecule is CC(C)(C)OC(=O)N1CCN2C(=S)NCC2C1. The molecule has 0 spiro atoms. The first-order valence-electron chi connectivity index (χ1n) is 5.89. The fourth-order valence-corrected chi connectivity index (χ4v) is 2.42. The average molecular weight is 257 g/mol. The van der Waals surface area contributed by atoms with Crippen LogP contribution in [0.5, 0.6) is 0 Å². The molecule has 0 aromatic heterocycles. The maximum atomic E-state index is 11.9. The highest BCUT2D eigenvalue weighted by atomic mass is 32.1. The molecule has 17 heavy (non-hydrogen) atoms. The minimum absolute atomic E-state index is 0.227. The first-order chi connectivity index (χ1) is 7.87. The predicted molar refractivity (Wildman–Crippen MR) is 68.9 cm³/mol. The van der Waals surface area contributed by atoms with Gasteiger partial charge in [0.25, 0.3) is 0 Å². The molecule has 1 atom stereocenters. The third-order valence-electron chi connectivity index (χ3n) is 2.88. The van der Waals surface area contributed by atoms with Crippen molar-refractivity contribution in [3.8, 4) is 0 Å². The Hall–Kier alpha value is -1.04. The molecule has 2 heterocycles. The molecule has 1 unspecified atom stereocenters. The van der Waals surface area contributed by atoms with Crippen molar-refractivity contribution in [2.24, 2.45) is 0 Å². The largest absolute Gasteiger partial charge is 0.444 e. The van der Waals surface area contributed by atoms with Gasteiger partial charge in [-0.15, -0.1) is 0 Å². The van der Waals surface area contributed by atoms with Gasteiger partial charge in [-0.3, -0.25) is 0 Å². The third-order valence-corrected chi connectivity index (χ3v) is 3.26. The lowest BCUT2D eigenvalue weighted by Gasteiger charge is -2.37. The van der Waals surface area contributed by atoms with Crippen molar-refractivity contribution in [1.29, 1.82) is 0 Å². The first kappa shape index (κ1) is 12.4. The minimum atomic E-state index is -0.433. The lowest BCUT2D eigenvalue weighted by atomic mass is 10.2. The summed E-state index contributed by atoms with van der Waals surface area (Å²) in [5.74, 6) is 0. The number of nitrogens with one attached hydrogen (secondary N) is 1. The molecule has 2 saturated heterocycles. The second-order valence-electron chi connectivity index (χ2n) is 5.46. The number of carbonyl (C=O) groups is 1. The van der Waals surface area contributed by atoms with Crippen LogP contribution in [0.25, 0.3) is 0 Å². The summed E-state index contributed by atoms with van der Waals surface area (Å²) in [6.07, 6.45) is -0.227. The molecule has 2 aliphatic rings. The van der Waals surface area contributed by atoms with Crippen molar-refractivity contribution in [3.63, 3.8) is 0 Å². The average Bonchev–Trinajstić information content (AvgIpc) is 2.57. The predicted octanol–water partition coefficient (Wildman–Crippen LogP) is 0.796. The molecule has 2 fully saturated rings. The summed E-state index contributed by atoms with van der Waals surface area (Å²) in [7, 11) is 0. The molecular weight excluding hydrogens is 238 g/mol. The summed E-state index contributed by atoms with van der Waals surface area (Å²) in [5.41, 5.74) is -0.433. The number of piperazine rings is 1. The van der Waals surface area contributed by atoms with E-state index >= 15 is 0 Å². The van der Waals surface area contributed by atoms with Crippen LogP contribution in [0.4, 0.5) is 4.79 Å². The quantitative estimate of drug-likeness (QED) is 0.650. The Balaban J connectivity index is 1.93. The molecule has 5 nitrogen and oxygen atoms in total. The Morgan fingerprint density at radius 2 is 2.18 bits per heavy atom. The van der Waals surface area contributed by atoms with E-state index in [-0.39, 0.29) is 6.09 Å². The van der Waals surface area contributed by atoms with Crippen molar-refractivity contribution in [3.05, 3.63) is 0 Å². The second-order valence-corrected chi connectivity index (χ2v) is 5.85. The van der Waals surface area contributed by atoms with Crippen LogP contribution in [0.15, 0.2) is 0 Å². The van der Waals surface area contributed by atoms with E-state index in [2.05, 4.69) is 10.2 Å². The molecule has 0 saturated carbocycles. The highest BCUT2D eigenvalue weighted by Gasteiger charge is 2.36. The molecule has 1 amide bonds. The molecule has 1 N–H and O–H groups in total. The number of nitrogens with zero attached hydrogens (tertiary/aromatic N) is 2. The monoisotopic (exact) mass is 257 g/mol. The van der Waals surface area contributed by atoms with Gasteiger partial charge in [-0.2, -0.15) is 0 Å². The topological polar surface area (TPSA) is 44.8 Å². The van der Waals surface area contributed by atoms with E-state index < -0.39 is 5.60 Å². The van der Waals surface area contributed by atoms with Gasteiger partial charge in [0.05, 0.1) is 6.04 Å². The molecule has 6 heteroatoms. The van der Waals surface area contributed by atoms with Gasteiger partial charge in [0.15, 0.2) is 5.11 Å². The summed E-state index contributed by atoms with van der Waals surface area (Å²) < 4.78 is 5.37. The fourth-order valence-electron chi connectivity index (χ4n) is 2.10. The van der Waals surface area contributed by atoms with Gasteiger partial charge in [-0.05, 0) is 33.0 Å². The fraction of sp³-hybridized carbons (Fsp3) is 0.818. The van der Waals surface area contributed by atoms with Crippen LogP contribution in [0, 0.1) is 0 Å². The number of hydrogen-bond acceptors (Lipinski definition) is 3. The van der Waals surface area contributed by atoms with Crippen molar-refractivity contribution in [1.82, 2.24) is 15.1 Å². The zero-order chi connectivity index (χ0) is 12.6. The number of amides is 1. The highest BCUT2D eigenvalue weighted by Crippen LogP contribution is 2.17. The van der Waals surface area contributed by atoms with Crippen molar-refractivity contribution in [2.45, 2.75) is 32.4 Å². The van der Waals surface area contributed by atoms with E-state index in [4.69, 9.17) is 17.0 Å². The lowest BCUT2D eigenvalue weighted by molar-refractivity contribution is 0.0143. The van der Waals surface area contributed by atoms with E-state index in [1.54, 1.807) is 4.90 Å². The van der Waals surface area contributed by atoms with Gasteiger partial charge >= 0.3 is 6.09 Å². The van der Waals surface area contributed by atoms with Crippen molar-refractivity contribution < 1.29 is 9.53 Å². The van der Waals surface area contributed by atoms with Crippen molar-refractivity contribution >= 4 is 23.4 Å². The maximum absolute atomic E-state index is 11.9. The van der Waals surface area contributed by atoms with E-state index in [9.17, 15) is 4.79 Å². The number of thiocarbonyl (C=S) groups is 1. The lowest BCUT2D eigenvalue weighted by Crippen LogP contribution is -2.54. The molecule has 0 aromatic carbocycles. The number of ether oxygens (including phenoxy) is 1. The Morgan fingerprint density at radius 3 is 2.82 bits per heavy atom. The Morgan fingerprint density at radius 1 is 1.47 bits per heavy atom. The maximum Gasteiger partial charge on any atom is 0.410 e. The van der Waals surface area contributed by atoms with E-state index in [0.29, 0.717) is 19.1 Å². The summed E-state index contributed by atoms with van der Waals surface area (Å²) in [5, 5.41) is 3.95. The van der Waals surface area contributed by atoms with E-state index in [1.165, 1.54) is 0 Å². The molecule has 2 aliphatic heterocycles. The first-order valence-corrected chi connectivity index (χ1v) is 6.30. The molecule has 96 valence electrons. The van der Waals surface area contributed by atoms with Crippen LogP contribution in [0.3, 0.4) is 0 Å². The Bertz CT molecular complexity index is 340. The number of rotatable bonds is 0. The second kappa shape index (κ2) is 4.33. The van der Waals surface area contributed by atoms with Gasteiger partial charge in [0, 0.05) is 26.2 Å². The number of hydrogen-bond donors (Lipinski definition) is 1. The zero-order valence-corrected chi connectivity index (χ0v) is 11.3. The Labute approximate surface area is 107 Å². The van der Waals surface area contributed by atoms with Gasteiger partial charge in [-0.1, -0.05) is 0 Å². The highest BCUT2D eigenvalue weighted by molar-refractivity contribution is 7.80. The molecule has 2 rings (SSSR count). The molecule has 0 radical (unpaired) electrons. The smallest absolute Gasteiger partial charge is 0.410 e. The number of fused-ring (bicyclic) bond motifs is 1. The van der Waals surface area contributed by atoms with E-state index in [0.717, 1.165) is 18.2 Å². The zero-order valence-electron chi connectivity index (χ0n) is 10.5. The van der Waals surface area contributed by atoms with Crippen molar-refractivity contribution in [2.75, 3.05) is 26.2 Å². The summed E-state index contributed by atoms with van der Waals surface area (Å²) >= 11 is 5.19. The summed E-state index contributed by atoms with van der Waals surface area (Å²) in [4.78, 5) is 15.8. The van der Waals surface area contributed by atoms with Crippen LogP contribution >= 0.6 is 12.2 Å². The minimum Gasteiger partial charge on any atom is -0.444 e. The van der Waals surface area contributed by atoms with Gasteiger partial charge in [0.1, 0.15) is 5.60 Å². The summed E-state index contributed by atoms with van der Waals surface area (Å²) in [6, 6.07) is 0.295. The van der Waals surface area contributed by atoms with Gasteiger partial charge in [-0.25, -0.2) is 4.79 Å². The molecule has 0 aliphatic carbocycles. The molecule has 0 aromatic rings. The van der Waals surface area contributed by atoms with Gasteiger partial charge in [0.2, 0.25) is 0 Å². The van der Waals surface area contributed by atoms with Gasteiger partial charge < -0.3 is 19.9 Å². The normalized spacial score (nSPS) is 24.4. The van der Waals surface area contributed by atoms with Crippen LogP contribution in [-0.2, 0) is 4.74 Å². The van der Waals surface area contributed by atoms with E-state index in [1.807, 2.05) is 20.8 Å². The number of carbonyl (C=O) groups excluding carboxylic acids is 1. The summed E-state index contributed by atoms with van der Waals surface area (Å²) in [6.45, 7) is 8.61. The molecule has 0 bridgehead atoms. The van der Waals surface area contributed by atoms with Crippen LogP contribution in [0.2, 0.25) is 0 Å². The van der Waals surface area contributed by atoms with Crippen LogP contribution < -0.4 is 5.32 Å². The Kier molecular flexibility index (Phi) is 3.16. The third kappa shape index (κ3) is 2.80. The standard InChI is InChI=1S/C11H19N3O2S/c1-11(2,3)16-10(15)13-4-5-14-8(7-13)6-12-9(14)17/h8H,4-7H2,1-3H3,(H,12,17). The van der Waals surface area contributed by atoms with Crippen LogP contribution in [0.1, 0.15) is 20.8 Å². The van der Waals surface area contributed by atoms with Crippen LogP contribution in [-0.4, -0.2) is 58.8 Å². The molecular formula is C11H19N3O2S.